The highest BCUT2D eigenvalue weighted by Crippen LogP contribution is 2.09. The first-order valence-corrected chi connectivity index (χ1v) is 9.63. The Kier molecular flexibility index (Phi) is 6.79. The zero-order valence-corrected chi connectivity index (χ0v) is 16.3. The summed E-state index contributed by atoms with van der Waals surface area (Å²) in [6, 6.07) is 6.57. The molecule has 4 amide bonds. The third-order valence-corrected chi connectivity index (χ3v) is 4.87. The summed E-state index contributed by atoms with van der Waals surface area (Å²) in [7, 11) is 0. The van der Waals surface area contributed by atoms with Crippen LogP contribution in [0.2, 0.25) is 0 Å². The molecule has 1 aliphatic heterocycles. The van der Waals surface area contributed by atoms with Crippen molar-refractivity contribution in [2.45, 2.75) is 43.8 Å². The number of amides is 4. The van der Waals surface area contributed by atoms with Gasteiger partial charge in [0.2, 0.25) is 23.6 Å². The van der Waals surface area contributed by atoms with Crippen molar-refractivity contribution >= 4 is 23.6 Å². The molecule has 3 rings (SSSR count). The van der Waals surface area contributed by atoms with Gasteiger partial charge < -0.3 is 26.7 Å². The molecule has 0 aliphatic carbocycles. The van der Waals surface area contributed by atoms with Gasteiger partial charge in [-0.15, -0.1) is 0 Å². The summed E-state index contributed by atoms with van der Waals surface area (Å²) in [6.07, 6.45) is 3.99. The lowest BCUT2D eigenvalue weighted by atomic mass is 10.0. The molecule has 10 heteroatoms. The van der Waals surface area contributed by atoms with Gasteiger partial charge in [0.15, 0.2) is 0 Å². The molecule has 0 saturated carbocycles. The number of hydrogen-bond acceptors (Lipinski definition) is 5. The molecule has 1 aromatic carbocycles. The summed E-state index contributed by atoms with van der Waals surface area (Å²) >= 11 is 0. The molecule has 0 spiro atoms. The quantitative estimate of drug-likeness (QED) is 0.354. The molecule has 158 valence electrons. The normalized spacial score (nSPS) is 17.6. The number of aromatic amines is 1. The molecular formula is C20H24N6O4. The van der Waals surface area contributed by atoms with Gasteiger partial charge in [-0.2, -0.15) is 0 Å². The lowest BCUT2D eigenvalue weighted by molar-refractivity contribution is -0.132. The Morgan fingerprint density at radius 2 is 1.90 bits per heavy atom. The van der Waals surface area contributed by atoms with E-state index in [1.165, 1.54) is 12.5 Å². The number of primary amides is 1. The van der Waals surface area contributed by atoms with E-state index in [-0.39, 0.29) is 25.2 Å². The number of H-pyrrole nitrogens is 1. The lowest BCUT2D eigenvalue weighted by Crippen LogP contribution is -2.56. The molecule has 3 unspecified atom stereocenters. The molecule has 0 radical (unpaired) electrons. The second-order valence-electron chi connectivity index (χ2n) is 7.15. The summed E-state index contributed by atoms with van der Waals surface area (Å²) in [5, 5.41) is 7.89. The number of rotatable bonds is 9. The molecule has 1 saturated heterocycles. The fraction of sp³-hybridized carbons (Fsp3) is 0.350. The number of imidazole rings is 1. The van der Waals surface area contributed by atoms with E-state index >= 15 is 0 Å². The van der Waals surface area contributed by atoms with Crippen LogP contribution in [0.5, 0.6) is 0 Å². The molecule has 2 aromatic rings. The first-order valence-electron chi connectivity index (χ1n) is 9.63. The monoisotopic (exact) mass is 412 g/mol. The third-order valence-electron chi connectivity index (χ3n) is 4.87. The third kappa shape index (κ3) is 5.66. The molecule has 2 heterocycles. The second kappa shape index (κ2) is 9.68. The predicted octanol–water partition coefficient (Wildman–Crippen LogP) is -1.07. The van der Waals surface area contributed by atoms with E-state index < -0.39 is 35.8 Å². The number of nitrogens with one attached hydrogen (secondary N) is 4. The maximum absolute atomic E-state index is 13.0. The minimum atomic E-state index is -0.973. The molecular weight excluding hydrogens is 388 g/mol. The number of hydrogen-bond donors (Lipinski definition) is 5. The van der Waals surface area contributed by atoms with Gasteiger partial charge in [0.05, 0.1) is 6.33 Å². The number of aromatic nitrogens is 2. The van der Waals surface area contributed by atoms with Crippen molar-refractivity contribution in [1.29, 1.82) is 0 Å². The van der Waals surface area contributed by atoms with Gasteiger partial charge in [0.25, 0.3) is 0 Å². The topological polar surface area (TPSA) is 159 Å². The van der Waals surface area contributed by atoms with Gasteiger partial charge in [0, 0.05) is 31.2 Å². The van der Waals surface area contributed by atoms with E-state index in [4.69, 9.17) is 5.73 Å². The highest BCUT2D eigenvalue weighted by atomic mass is 16.2. The van der Waals surface area contributed by atoms with E-state index in [9.17, 15) is 19.2 Å². The number of nitrogens with two attached hydrogens (primary N) is 1. The van der Waals surface area contributed by atoms with Gasteiger partial charge in [-0.3, -0.25) is 19.2 Å². The Bertz CT molecular complexity index is 899. The Morgan fingerprint density at radius 1 is 1.13 bits per heavy atom. The summed E-state index contributed by atoms with van der Waals surface area (Å²) in [4.78, 5) is 55.5. The molecule has 10 nitrogen and oxygen atoms in total. The van der Waals surface area contributed by atoms with Crippen molar-refractivity contribution in [3.05, 3.63) is 54.1 Å². The molecule has 0 bridgehead atoms. The summed E-state index contributed by atoms with van der Waals surface area (Å²) in [5.74, 6) is -1.89. The zero-order valence-electron chi connectivity index (χ0n) is 16.3. The highest BCUT2D eigenvalue weighted by Gasteiger charge is 2.31. The van der Waals surface area contributed by atoms with Crippen molar-refractivity contribution in [2.75, 3.05) is 0 Å². The van der Waals surface area contributed by atoms with Crippen molar-refractivity contribution in [1.82, 2.24) is 25.9 Å². The van der Waals surface area contributed by atoms with Crippen LogP contribution in [0.15, 0.2) is 42.9 Å². The van der Waals surface area contributed by atoms with Crippen molar-refractivity contribution in [2.24, 2.45) is 5.73 Å². The smallest absolute Gasteiger partial charge is 0.243 e. The van der Waals surface area contributed by atoms with Gasteiger partial charge >= 0.3 is 0 Å². The van der Waals surface area contributed by atoms with Crippen molar-refractivity contribution in [3.8, 4) is 0 Å². The molecule has 30 heavy (non-hydrogen) atoms. The van der Waals surface area contributed by atoms with Crippen molar-refractivity contribution < 1.29 is 19.2 Å². The van der Waals surface area contributed by atoms with Crippen LogP contribution in [0.1, 0.15) is 24.1 Å². The average Bonchev–Trinajstić information content (AvgIpc) is 3.39. The average molecular weight is 412 g/mol. The Morgan fingerprint density at radius 3 is 2.50 bits per heavy atom. The molecule has 1 fully saturated rings. The maximum Gasteiger partial charge on any atom is 0.243 e. The molecule has 6 N–H and O–H groups in total. The van der Waals surface area contributed by atoms with E-state index in [0.717, 1.165) is 5.56 Å². The number of nitrogens with zero attached hydrogens (tertiary/aromatic N) is 1. The molecule has 3 atom stereocenters. The number of carbonyl (C=O) groups excluding carboxylic acids is 4. The van der Waals surface area contributed by atoms with E-state index in [2.05, 4.69) is 25.9 Å². The summed E-state index contributed by atoms with van der Waals surface area (Å²) in [6.45, 7) is 0. The number of benzene rings is 1. The summed E-state index contributed by atoms with van der Waals surface area (Å²) < 4.78 is 0. The van der Waals surface area contributed by atoms with Gasteiger partial charge in [-0.1, -0.05) is 30.3 Å². The number of carbonyl (C=O) groups is 4. The minimum Gasteiger partial charge on any atom is -0.368 e. The predicted molar refractivity (Wildman–Crippen MR) is 107 cm³/mol. The van der Waals surface area contributed by atoms with Crippen LogP contribution in [0.3, 0.4) is 0 Å². The zero-order chi connectivity index (χ0) is 21.5. The van der Waals surface area contributed by atoms with Gasteiger partial charge in [-0.05, 0) is 12.0 Å². The van der Waals surface area contributed by atoms with Crippen LogP contribution in [0, 0.1) is 0 Å². The standard InChI is InChI=1S/C20H24N6O4/c21-18(28)15(9-13-10-22-11-23-13)25-20(30)16(8-12-4-2-1-3-5-12)26-19(29)14-6-7-17(27)24-14/h1-5,10-11,14-16H,6-9H2,(H2,21,28)(H,22,23)(H,24,27)(H,25,30)(H,26,29). The van der Waals surface area contributed by atoms with Crippen LogP contribution in [-0.4, -0.2) is 51.7 Å². The van der Waals surface area contributed by atoms with E-state index in [1.54, 1.807) is 0 Å². The first kappa shape index (κ1) is 21.0. The molecule has 1 aliphatic rings. The van der Waals surface area contributed by atoms with E-state index in [0.29, 0.717) is 12.1 Å². The Hall–Kier alpha value is -3.69. The van der Waals surface area contributed by atoms with Crippen LogP contribution in [0.25, 0.3) is 0 Å². The Balaban J connectivity index is 1.71. The van der Waals surface area contributed by atoms with Crippen LogP contribution in [-0.2, 0) is 32.0 Å². The van der Waals surface area contributed by atoms with E-state index in [1.807, 2.05) is 30.3 Å². The van der Waals surface area contributed by atoms with Gasteiger partial charge in [-0.25, -0.2) is 4.98 Å². The fourth-order valence-corrected chi connectivity index (χ4v) is 3.25. The Labute approximate surface area is 173 Å². The van der Waals surface area contributed by atoms with Gasteiger partial charge in [0.1, 0.15) is 18.1 Å². The fourth-order valence-electron chi connectivity index (χ4n) is 3.25. The minimum absolute atomic E-state index is 0.145. The van der Waals surface area contributed by atoms with Crippen LogP contribution < -0.4 is 21.7 Å². The largest absolute Gasteiger partial charge is 0.368 e. The first-order chi connectivity index (χ1) is 14.4. The summed E-state index contributed by atoms with van der Waals surface area (Å²) in [5.41, 5.74) is 6.91. The van der Waals surface area contributed by atoms with Crippen molar-refractivity contribution in [3.63, 3.8) is 0 Å². The highest BCUT2D eigenvalue weighted by molar-refractivity contribution is 5.95. The lowest BCUT2D eigenvalue weighted by Gasteiger charge is -2.23. The molecule has 1 aromatic heterocycles. The van der Waals surface area contributed by atoms with Crippen LogP contribution in [0.4, 0.5) is 0 Å². The van der Waals surface area contributed by atoms with Crippen LogP contribution >= 0.6 is 0 Å². The SMILES string of the molecule is NC(=O)C(Cc1cnc[nH]1)NC(=O)C(Cc1ccccc1)NC(=O)C1CCC(=O)N1. The second-order valence-corrected chi connectivity index (χ2v) is 7.15. The maximum atomic E-state index is 13.0.